The number of rotatable bonds is 5. The number of aromatic nitrogens is 1. The van der Waals surface area contributed by atoms with Crippen LogP contribution >= 0.6 is 23.1 Å². The zero-order valence-corrected chi connectivity index (χ0v) is 11.1. The predicted octanol–water partition coefficient (Wildman–Crippen LogP) is 2.02. The van der Waals surface area contributed by atoms with E-state index in [2.05, 4.69) is 4.98 Å². The lowest BCUT2D eigenvalue weighted by molar-refractivity contribution is -0.142. The van der Waals surface area contributed by atoms with Gasteiger partial charge in [-0.2, -0.15) is 0 Å². The van der Waals surface area contributed by atoms with Crippen LogP contribution in [-0.4, -0.2) is 37.5 Å². The summed E-state index contributed by atoms with van der Waals surface area (Å²) in [6.45, 7) is 0. The second kappa shape index (κ2) is 5.45. The average molecular weight is 299 g/mol. The van der Waals surface area contributed by atoms with Crippen molar-refractivity contribution in [2.75, 3.05) is 0 Å². The van der Waals surface area contributed by atoms with Gasteiger partial charge in [0.1, 0.15) is 16.5 Å². The minimum absolute atomic E-state index is 0.0192. The van der Waals surface area contributed by atoms with Gasteiger partial charge in [0.15, 0.2) is 4.34 Å². The Morgan fingerprint density at radius 2 is 2.11 bits per heavy atom. The highest BCUT2D eigenvalue weighted by Gasteiger charge is 2.24. The van der Waals surface area contributed by atoms with Gasteiger partial charge in [0.25, 0.3) is 0 Å². The summed E-state index contributed by atoms with van der Waals surface area (Å²) in [4.78, 5) is 25.7. The first-order chi connectivity index (χ1) is 8.97. The molecular weight excluding hydrogens is 290 g/mol. The topological polar surface area (TPSA) is 108 Å². The van der Waals surface area contributed by atoms with Crippen molar-refractivity contribution in [1.82, 2.24) is 4.98 Å². The van der Waals surface area contributed by atoms with Crippen LogP contribution in [0.1, 0.15) is 6.42 Å². The summed E-state index contributed by atoms with van der Waals surface area (Å²) < 4.78 is 1.15. The number of thiazole rings is 1. The Morgan fingerprint density at radius 3 is 2.68 bits per heavy atom. The van der Waals surface area contributed by atoms with Crippen molar-refractivity contribution >= 4 is 45.3 Å². The number of aliphatic carboxylic acids is 2. The Bertz CT molecular complexity index is 639. The molecule has 0 bridgehead atoms. The minimum atomic E-state index is -1.20. The van der Waals surface area contributed by atoms with Crippen molar-refractivity contribution in [3.8, 4) is 5.75 Å². The number of aromatic hydroxyl groups is 1. The van der Waals surface area contributed by atoms with Gasteiger partial charge in [-0.15, -0.1) is 11.3 Å². The molecule has 0 saturated heterocycles. The lowest BCUT2D eigenvalue weighted by Crippen LogP contribution is -2.20. The molecule has 1 aromatic carbocycles. The molecule has 1 atom stereocenters. The molecule has 8 heteroatoms. The number of nitrogens with zero attached hydrogens (tertiary/aromatic N) is 1. The molecule has 0 amide bonds. The van der Waals surface area contributed by atoms with Gasteiger partial charge in [-0.25, -0.2) is 4.98 Å². The third-order valence-electron chi connectivity index (χ3n) is 2.26. The van der Waals surface area contributed by atoms with Crippen LogP contribution in [0.25, 0.3) is 10.2 Å². The number of phenols is 1. The van der Waals surface area contributed by atoms with E-state index < -0.39 is 23.6 Å². The molecule has 0 saturated carbocycles. The van der Waals surface area contributed by atoms with E-state index in [1.165, 1.54) is 17.4 Å². The molecule has 0 fully saturated rings. The first-order valence-corrected chi connectivity index (χ1v) is 6.87. The molecule has 0 spiro atoms. The average Bonchev–Trinajstić information content (AvgIpc) is 2.71. The van der Waals surface area contributed by atoms with Crippen LogP contribution in [-0.2, 0) is 9.59 Å². The number of carbonyl (C=O) groups is 2. The maximum Gasteiger partial charge on any atom is 0.317 e. The lowest BCUT2D eigenvalue weighted by Gasteiger charge is -2.06. The van der Waals surface area contributed by atoms with Crippen LogP contribution in [0, 0.1) is 0 Å². The van der Waals surface area contributed by atoms with E-state index in [1.54, 1.807) is 12.1 Å². The molecule has 3 N–H and O–H groups in total. The van der Waals surface area contributed by atoms with Crippen LogP contribution in [0.3, 0.4) is 0 Å². The molecule has 0 aliphatic heterocycles. The minimum Gasteiger partial charge on any atom is -0.506 e. The highest BCUT2D eigenvalue weighted by Crippen LogP contribution is 2.36. The SMILES string of the molecule is O=C(O)CC(Sc1nc2c(O)cccc2s1)C(=O)O. The second-order valence-electron chi connectivity index (χ2n) is 3.65. The van der Waals surface area contributed by atoms with Crippen molar-refractivity contribution in [1.29, 1.82) is 0 Å². The maximum atomic E-state index is 11.0. The Hall–Kier alpha value is -1.80. The fraction of sp³-hybridized carbons (Fsp3) is 0.182. The second-order valence-corrected chi connectivity index (χ2v) is 6.13. The third-order valence-corrected chi connectivity index (χ3v) is 4.56. The molecule has 2 rings (SSSR count). The number of para-hydroxylation sites is 1. The molecule has 1 unspecified atom stereocenters. The van der Waals surface area contributed by atoms with Crippen molar-refractivity contribution in [3.63, 3.8) is 0 Å². The fourth-order valence-electron chi connectivity index (χ4n) is 1.42. The zero-order chi connectivity index (χ0) is 14.0. The van der Waals surface area contributed by atoms with E-state index in [9.17, 15) is 14.7 Å². The predicted molar refractivity (Wildman–Crippen MR) is 70.8 cm³/mol. The molecule has 100 valence electrons. The van der Waals surface area contributed by atoms with Gasteiger partial charge in [0.05, 0.1) is 11.1 Å². The quantitative estimate of drug-likeness (QED) is 0.725. The standard InChI is InChI=1S/C11H9NO5S2/c13-5-2-1-3-6-9(5)12-11(18-6)19-7(10(16)17)4-8(14)15/h1-3,7,13H,4H2,(H,14,15)(H,16,17). The van der Waals surface area contributed by atoms with Gasteiger partial charge in [0, 0.05) is 0 Å². The van der Waals surface area contributed by atoms with E-state index >= 15 is 0 Å². The van der Waals surface area contributed by atoms with E-state index in [0.29, 0.717) is 9.86 Å². The van der Waals surface area contributed by atoms with Crippen LogP contribution in [0.4, 0.5) is 0 Å². The molecule has 0 aliphatic carbocycles. The number of thioether (sulfide) groups is 1. The molecular formula is C11H9NO5S2. The summed E-state index contributed by atoms with van der Waals surface area (Å²) >= 11 is 2.10. The lowest BCUT2D eigenvalue weighted by atomic mass is 10.3. The first kappa shape index (κ1) is 13.6. The molecule has 0 radical (unpaired) electrons. The van der Waals surface area contributed by atoms with Crippen molar-refractivity contribution in [2.45, 2.75) is 16.0 Å². The van der Waals surface area contributed by atoms with E-state index in [4.69, 9.17) is 10.2 Å². The molecule has 0 aliphatic rings. The van der Waals surface area contributed by atoms with Crippen LogP contribution in [0.5, 0.6) is 5.75 Å². The van der Waals surface area contributed by atoms with E-state index in [-0.39, 0.29) is 5.75 Å². The molecule has 2 aromatic rings. The summed E-state index contributed by atoms with van der Waals surface area (Å²) in [6.07, 6.45) is -0.484. The van der Waals surface area contributed by atoms with E-state index in [0.717, 1.165) is 16.5 Å². The smallest absolute Gasteiger partial charge is 0.317 e. The van der Waals surface area contributed by atoms with Gasteiger partial charge < -0.3 is 15.3 Å². The first-order valence-electron chi connectivity index (χ1n) is 5.17. The number of benzene rings is 1. The summed E-state index contributed by atoms with van der Waals surface area (Å²) in [5.41, 5.74) is 0.398. The van der Waals surface area contributed by atoms with Crippen molar-refractivity contribution in [3.05, 3.63) is 18.2 Å². The Balaban J connectivity index is 2.26. The summed E-state index contributed by atoms with van der Waals surface area (Å²) in [5.74, 6) is -2.36. The largest absolute Gasteiger partial charge is 0.506 e. The van der Waals surface area contributed by atoms with Crippen molar-refractivity contribution in [2.24, 2.45) is 0 Å². The monoisotopic (exact) mass is 299 g/mol. The number of phenolic OH excluding ortho intramolecular Hbond substituents is 1. The Morgan fingerprint density at radius 1 is 1.37 bits per heavy atom. The summed E-state index contributed by atoms with van der Waals surface area (Å²) in [6, 6.07) is 4.91. The number of hydrogen-bond acceptors (Lipinski definition) is 6. The van der Waals surface area contributed by atoms with Crippen molar-refractivity contribution < 1.29 is 24.9 Å². The van der Waals surface area contributed by atoms with Gasteiger partial charge in [-0.05, 0) is 12.1 Å². The molecule has 1 aromatic heterocycles. The summed E-state index contributed by atoms with van der Waals surface area (Å²) in [7, 11) is 0. The normalized spacial score (nSPS) is 12.4. The van der Waals surface area contributed by atoms with E-state index in [1.807, 2.05) is 0 Å². The van der Waals surface area contributed by atoms with Gasteiger partial charge in [-0.3, -0.25) is 9.59 Å². The van der Waals surface area contributed by atoms with Gasteiger partial charge in [0.2, 0.25) is 0 Å². The zero-order valence-electron chi connectivity index (χ0n) is 9.44. The van der Waals surface area contributed by atoms with Gasteiger partial charge in [-0.1, -0.05) is 17.8 Å². The number of carboxylic acid groups (broad SMARTS) is 2. The third kappa shape index (κ3) is 3.15. The van der Waals surface area contributed by atoms with Crippen LogP contribution in [0.2, 0.25) is 0 Å². The molecule has 1 heterocycles. The van der Waals surface area contributed by atoms with Gasteiger partial charge >= 0.3 is 11.9 Å². The highest BCUT2D eigenvalue weighted by atomic mass is 32.2. The Kier molecular flexibility index (Phi) is 3.91. The summed E-state index contributed by atoms with van der Waals surface area (Å²) in [5, 5.41) is 26.1. The molecule has 6 nitrogen and oxygen atoms in total. The number of carboxylic acids is 2. The van der Waals surface area contributed by atoms with Crippen LogP contribution < -0.4 is 0 Å². The highest BCUT2D eigenvalue weighted by molar-refractivity contribution is 8.02. The maximum absolute atomic E-state index is 11.0. The Labute approximate surface area is 115 Å². The molecule has 19 heavy (non-hydrogen) atoms. The fourth-order valence-corrected chi connectivity index (χ4v) is 3.67. The van der Waals surface area contributed by atoms with Crippen LogP contribution in [0.15, 0.2) is 22.5 Å². The number of fused-ring (bicyclic) bond motifs is 1. The number of hydrogen-bond donors (Lipinski definition) is 3.